The van der Waals surface area contributed by atoms with Crippen molar-refractivity contribution in [3.8, 4) is 0 Å². The molecule has 0 aromatic rings. The van der Waals surface area contributed by atoms with E-state index >= 15 is 0 Å². The lowest BCUT2D eigenvalue weighted by atomic mass is 10.1. The second-order valence-electron chi connectivity index (χ2n) is 2.97. The Morgan fingerprint density at radius 3 is 1.54 bits per heavy atom. The number of hydrogen-bond acceptors (Lipinski definition) is 2. The smallest absolute Gasteiger partial charge is 0.313 e. The minimum Gasteiger partial charge on any atom is -0.481 e. The second-order valence-corrected chi connectivity index (χ2v) is 3.28. The van der Waals surface area contributed by atoms with Crippen molar-refractivity contribution >= 4 is 18.6 Å². The molecule has 0 aromatic heterocycles. The summed E-state index contributed by atoms with van der Waals surface area (Å²) in [6.07, 6.45) is 8.49. The lowest BCUT2D eigenvalue weighted by molar-refractivity contribution is -0.133. The molecule has 0 amide bonds. The number of carbonyl (C=O) groups is 1. The summed E-state index contributed by atoms with van der Waals surface area (Å²) in [6, 6.07) is 0. The molecule has 0 saturated heterocycles. The lowest BCUT2D eigenvalue weighted by Crippen LogP contribution is -1.92. The van der Waals surface area contributed by atoms with Crippen LogP contribution in [0.15, 0.2) is 0 Å². The van der Waals surface area contributed by atoms with Crippen molar-refractivity contribution in [2.75, 3.05) is 5.75 Å². The summed E-state index contributed by atoms with van der Waals surface area (Å²) in [5.74, 6) is -0.965. The van der Waals surface area contributed by atoms with E-state index in [-0.39, 0.29) is 5.75 Å². The highest BCUT2D eigenvalue weighted by Gasteiger charge is 1.83. The Hall–Kier alpha value is -0.180. The lowest BCUT2D eigenvalue weighted by Gasteiger charge is -1.93. The predicted octanol–water partition coefficient (Wildman–Crippen LogP) is 3.37. The molecule has 0 heterocycles. The molecule has 0 atom stereocenters. The van der Waals surface area contributed by atoms with Crippen molar-refractivity contribution in [2.45, 2.75) is 52.4 Å². The van der Waals surface area contributed by atoms with Crippen molar-refractivity contribution < 1.29 is 9.90 Å². The number of carboxylic acid groups (broad SMARTS) is 1. The first kappa shape index (κ1) is 15.3. The summed E-state index contributed by atoms with van der Waals surface area (Å²) in [5.41, 5.74) is 0. The Bertz CT molecular complexity index is 99.1. The van der Waals surface area contributed by atoms with Gasteiger partial charge in [0.1, 0.15) is 0 Å². The van der Waals surface area contributed by atoms with E-state index in [1.165, 1.54) is 38.5 Å². The van der Waals surface area contributed by atoms with Crippen molar-refractivity contribution in [3.05, 3.63) is 0 Å². The summed E-state index contributed by atoms with van der Waals surface area (Å²) in [4.78, 5) is 9.29. The van der Waals surface area contributed by atoms with Gasteiger partial charge in [-0.1, -0.05) is 52.4 Å². The third-order valence-electron chi connectivity index (χ3n) is 1.59. The average Bonchev–Trinajstić information content (AvgIpc) is 2.14. The largest absolute Gasteiger partial charge is 0.481 e. The number of unbranched alkanes of at least 4 members (excludes halogenated alkanes) is 5. The Morgan fingerprint density at radius 2 is 1.38 bits per heavy atom. The Kier molecular flexibility index (Phi) is 16.9. The minimum absolute atomic E-state index is 0.0833. The molecule has 0 spiro atoms. The van der Waals surface area contributed by atoms with Gasteiger partial charge in [0.05, 0.1) is 5.75 Å². The van der Waals surface area contributed by atoms with Crippen LogP contribution in [0.25, 0.3) is 0 Å². The number of hydrogen-bond donors (Lipinski definition) is 2. The molecule has 0 bridgehead atoms. The van der Waals surface area contributed by atoms with Gasteiger partial charge < -0.3 is 5.11 Å². The Balaban J connectivity index is 0. The highest BCUT2D eigenvalue weighted by Crippen LogP contribution is 2.03. The molecule has 0 aromatic carbocycles. The maximum atomic E-state index is 9.29. The van der Waals surface area contributed by atoms with Crippen LogP contribution in [-0.4, -0.2) is 16.8 Å². The van der Waals surface area contributed by atoms with Gasteiger partial charge in [-0.3, -0.25) is 4.79 Å². The summed E-state index contributed by atoms with van der Waals surface area (Å²) < 4.78 is 0. The maximum absolute atomic E-state index is 9.29. The molecule has 0 aliphatic rings. The zero-order chi connectivity index (χ0) is 10.5. The second kappa shape index (κ2) is 14.3. The monoisotopic (exact) mass is 206 g/mol. The molecular formula is C10H22O2S. The van der Waals surface area contributed by atoms with Crippen LogP contribution in [-0.2, 0) is 4.79 Å². The zero-order valence-electron chi connectivity index (χ0n) is 8.75. The van der Waals surface area contributed by atoms with Gasteiger partial charge in [0.15, 0.2) is 0 Å². The fraction of sp³-hybridized carbons (Fsp3) is 0.900. The SMILES string of the molecule is CCCCCCCC.O=C(O)CS. The van der Waals surface area contributed by atoms with E-state index in [0.717, 1.165) is 0 Å². The normalized spacial score (nSPS) is 8.85. The van der Waals surface area contributed by atoms with Crippen LogP contribution >= 0.6 is 12.6 Å². The van der Waals surface area contributed by atoms with E-state index < -0.39 is 5.97 Å². The fourth-order valence-corrected chi connectivity index (χ4v) is 0.854. The predicted molar refractivity (Wildman–Crippen MR) is 60.5 cm³/mol. The molecule has 80 valence electrons. The van der Waals surface area contributed by atoms with E-state index in [1.54, 1.807) is 0 Å². The quantitative estimate of drug-likeness (QED) is 0.516. The average molecular weight is 206 g/mol. The van der Waals surface area contributed by atoms with Crippen LogP contribution in [0.1, 0.15) is 52.4 Å². The highest BCUT2D eigenvalue weighted by molar-refractivity contribution is 7.81. The number of rotatable bonds is 6. The molecule has 0 unspecified atom stereocenters. The number of aliphatic carboxylic acids is 1. The Morgan fingerprint density at radius 1 is 1.08 bits per heavy atom. The van der Waals surface area contributed by atoms with Crippen molar-refractivity contribution in [2.24, 2.45) is 0 Å². The van der Waals surface area contributed by atoms with Gasteiger partial charge in [-0.25, -0.2) is 0 Å². The van der Waals surface area contributed by atoms with Crippen molar-refractivity contribution in [1.82, 2.24) is 0 Å². The van der Waals surface area contributed by atoms with E-state index in [0.29, 0.717) is 0 Å². The molecule has 0 saturated carbocycles. The summed E-state index contributed by atoms with van der Waals surface area (Å²) in [7, 11) is 0. The third-order valence-corrected chi connectivity index (χ3v) is 1.86. The van der Waals surface area contributed by atoms with Gasteiger partial charge in [-0.2, -0.15) is 12.6 Å². The minimum atomic E-state index is -0.881. The van der Waals surface area contributed by atoms with Gasteiger partial charge >= 0.3 is 5.97 Å². The third kappa shape index (κ3) is 24.5. The van der Waals surface area contributed by atoms with Crippen LogP contribution in [0.3, 0.4) is 0 Å². The summed E-state index contributed by atoms with van der Waals surface area (Å²) >= 11 is 3.42. The van der Waals surface area contributed by atoms with Crippen molar-refractivity contribution in [3.63, 3.8) is 0 Å². The van der Waals surface area contributed by atoms with Crippen molar-refractivity contribution in [1.29, 1.82) is 0 Å². The fourth-order valence-electron chi connectivity index (χ4n) is 0.854. The number of thiol groups is 1. The van der Waals surface area contributed by atoms with Gasteiger partial charge in [-0.15, -0.1) is 0 Å². The molecule has 3 heteroatoms. The van der Waals surface area contributed by atoms with Gasteiger partial charge in [0, 0.05) is 0 Å². The van der Waals surface area contributed by atoms with Crippen LogP contribution in [0.2, 0.25) is 0 Å². The zero-order valence-corrected chi connectivity index (χ0v) is 9.65. The summed E-state index contributed by atoms with van der Waals surface area (Å²) in [5, 5.41) is 7.65. The molecule has 0 fully saturated rings. The molecule has 0 radical (unpaired) electrons. The van der Waals surface area contributed by atoms with Gasteiger partial charge in [-0.05, 0) is 0 Å². The standard InChI is InChI=1S/C8H18.C2H4O2S/c1-3-5-7-8-6-4-2;3-2(4)1-5/h3-8H2,1-2H3;5H,1H2,(H,3,4). The van der Waals surface area contributed by atoms with E-state index in [2.05, 4.69) is 26.5 Å². The van der Waals surface area contributed by atoms with Gasteiger partial charge in [0.25, 0.3) is 0 Å². The molecule has 1 N–H and O–H groups in total. The molecule has 13 heavy (non-hydrogen) atoms. The molecule has 2 nitrogen and oxygen atoms in total. The maximum Gasteiger partial charge on any atom is 0.313 e. The molecular weight excluding hydrogens is 184 g/mol. The first-order valence-electron chi connectivity index (χ1n) is 5.01. The highest BCUT2D eigenvalue weighted by atomic mass is 32.1. The van der Waals surface area contributed by atoms with Crippen LogP contribution in [0.4, 0.5) is 0 Å². The molecule has 0 aliphatic heterocycles. The van der Waals surface area contributed by atoms with Crippen LogP contribution < -0.4 is 0 Å². The van der Waals surface area contributed by atoms with Crippen LogP contribution in [0.5, 0.6) is 0 Å². The number of carboxylic acids is 1. The van der Waals surface area contributed by atoms with E-state index in [4.69, 9.17) is 5.11 Å². The van der Waals surface area contributed by atoms with E-state index in [9.17, 15) is 4.79 Å². The van der Waals surface area contributed by atoms with Crippen LogP contribution in [0, 0.1) is 0 Å². The first-order valence-corrected chi connectivity index (χ1v) is 5.64. The van der Waals surface area contributed by atoms with Gasteiger partial charge in [0.2, 0.25) is 0 Å². The molecule has 0 rings (SSSR count). The molecule has 0 aliphatic carbocycles. The van der Waals surface area contributed by atoms with E-state index in [1.807, 2.05) is 0 Å². The summed E-state index contributed by atoms with van der Waals surface area (Å²) in [6.45, 7) is 4.51. The Labute approximate surface area is 87.1 Å². The topological polar surface area (TPSA) is 37.3 Å². The first-order chi connectivity index (χ1) is 6.18.